The number of nitrogens with two attached hydrogens (primary N) is 1. The van der Waals surface area contributed by atoms with Gasteiger partial charge in [-0.3, -0.25) is 0 Å². The smallest absolute Gasteiger partial charge is 0.338 e. The summed E-state index contributed by atoms with van der Waals surface area (Å²) in [5.74, 6) is -3.44. The number of halogens is 3. The Morgan fingerprint density at radius 2 is 1.85 bits per heavy atom. The summed E-state index contributed by atoms with van der Waals surface area (Å²) in [6.07, 6.45) is 0. The zero-order chi connectivity index (χ0) is 14.9. The maximum atomic E-state index is 13.6. The Morgan fingerprint density at radius 1 is 1.15 bits per heavy atom. The Bertz CT molecular complexity index is 692. The van der Waals surface area contributed by atoms with Crippen LogP contribution in [-0.2, 0) is 0 Å². The SMILES string of the molecule is Nc1cc(C(=O)O)c(F)cc1Oc1ccc(Br)cc1F. The second kappa shape index (κ2) is 5.46. The second-order valence-electron chi connectivity index (χ2n) is 3.85. The van der Waals surface area contributed by atoms with Crippen molar-refractivity contribution in [3.63, 3.8) is 0 Å². The van der Waals surface area contributed by atoms with Crippen molar-refractivity contribution in [3.05, 3.63) is 52.0 Å². The van der Waals surface area contributed by atoms with Gasteiger partial charge in [0.2, 0.25) is 0 Å². The average Bonchev–Trinajstić information content (AvgIpc) is 2.36. The third kappa shape index (κ3) is 2.88. The molecule has 4 nitrogen and oxygen atoms in total. The minimum Gasteiger partial charge on any atom is -0.478 e. The maximum absolute atomic E-state index is 13.6. The van der Waals surface area contributed by atoms with Crippen LogP contribution in [0.4, 0.5) is 14.5 Å². The van der Waals surface area contributed by atoms with E-state index in [4.69, 9.17) is 15.6 Å². The first kappa shape index (κ1) is 14.3. The summed E-state index contributed by atoms with van der Waals surface area (Å²) in [6, 6.07) is 5.77. The lowest BCUT2D eigenvalue weighted by Crippen LogP contribution is -2.03. The van der Waals surface area contributed by atoms with Crippen LogP contribution >= 0.6 is 15.9 Å². The summed E-state index contributed by atoms with van der Waals surface area (Å²) < 4.78 is 32.8. The van der Waals surface area contributed by atoms with Gasteiger partial charge in [0.15, 0.2) is 17.3 Å². The molecule has 2 aromatic carbocycles. The number of rotatable bonds is 3. The molecule has 0 amide bonds. The first-order chi connectivity index (χ1) is 9.38. The van der Waals surface area contributed by atoms with Gasteiger partial charge in [0.05, 0.1) is 11.3 Å². The molecule has 0 heterocycles. The van der Waals surface area contributed by atoms with Crippen molar-refractivity contribution < 1.29 is 23.4 Å². The van der Waals surface area contributed by atoms with Crippen LogP contribution in [0.1, 0.15) is 10.4 Å². The number of benzene rings is 2. The van der Waals surface area contributed by atoms with E-state index >= 15 is 0 Å². The molecule has 0 fully saturated rings. The third-order valence-electron chi connectivity index (χ3n) is 2.44. The van der Waals surface area contributed by atoms with Gasteiger partial charge in [-0.1, -0.05) is 15.9 Å². The van der Waals surface area contributed by atoms with Gasteiger partial charge in [-0.15, -0.1) is 0 Å². The monoisotopic (exact) mass is 343 g/mol. The Morgan fingerprint density at radius 3 is 2.45 bits per heavy atom. The van der Waals surface area contributed by atoms with Gasteiger partial charge in [0, 0.05) is 10.5 Å². The molecule has 0 aliphatic rings. The van der Waals surface area contributed by atoms with E-state index in [-0.39, 0.29) is 17.2 Å². The van der Waals surface area contributed by atoms with E-state index in [1.54, 1.807) is 0 Å². The summed E-state index contributed by atoms with van der Waals surface area (Å²) in [6.45, 7) is 0. The number of nitrogen functional groups attached to an aromatic ring is 1. The lowest BCUT2D eigenvalue weighted by Gasteiger charge is -2.10. The number of hydrogen-bond donors (Lipinski definition) is 2. The van der Waals surface area contributed by atoms with Crippen molar-refractivity contribution in [2.75, 3.05) is 5.73 Å². The lowest BCUT2D eigenvalue weighted by atomic mass is 10.1. The zero-order valence-corrected chi connectivity index (χ0v) is 11.4. The molecule has 0 saturated carbocycles. The van der Waals surface area contributed by atoms with E-state index in [9.17, 15) is 13.6 Å². The number of carbonyl (C=O) groups is 1. The van der Waals surface area contributed by atoms with Crippen molar-refractivity contribution in [2.24, 2.45) is 0 Å². The van der Waals surface area contributed by atoms with Crippen molar-refractivity contribution in [2.45, 2.75) is 0 Å². The van der Waals surface area contributed by atoms with Crippen LogP contribution in [0.5, 0.6) is 11.5 Å². The van der Waals surface area contributed by atoms with E-state index in [2.05, 4.69) is 15.9 Å². The van der Waals surface area contributed by atoms with E-state index in [1.165, 1.54) is 18.2 Å². The largest absolute Gasteiger partial charge is 0.478 e. The van der Waals surface area contributed by atoms with Crippen LogP contribution in [-0.4, -0.2) is 11.1 Å². The van der Waals surface area contributed by atoms with Gasteiger partial charge in [-0.25, -0.2) is 13.6 Å². The lowest BCUT2D eigenvalue weighted by molar-refractivity contribution is 0.0692. The van der Waals surface area contributed by atoms with Crippen LogP contribution in [0.25, 0.3) is 0 Å². The molecule has 2 aromatic rings. The molecule has 0 bridgehead atoms. The molecule has 0 aliphatic heterocycles. The fraction of sp³-hybridized carbons (Fsp3) is 0. The van der Waals surface area contributed by atoms with Crippen molar-refractivity contribution in [1.29, 1.82) is 0 Å². The van der Waals surface area contributed by atoms with E-state index in [1.807, 2.05) is 0 Å². The predicted molar refractivity (Wildman–Crippen MR) is 71.9 cm³/mol. The van der Waals surface area contributed by atoms with E-state index < -0.39 is 23.2 Å². The Balaban J connectivity index is 2.39. The third-order valence-corrected chi connectivity index (χ3v) is 2.94. The van der Waals surface area contributed by atoms with Crippen molar-refractivity contribution in [1.82, 2.24) is 0 Å². The van der Waals surface area contributed by atoms with Crippen LogP contribution in [0, 0.1) is 11.6 Å². The van der Waals surface area contributed by atoms with E-state index in [0.717, 1.165) is 12.1 Å². The minimum atomic E-state index is -1.45. The van der Waals surface area contributed by atoms with Crippen molar-refractivity contribution >= 4 is 27.6 Å². The molecular formula is C13H8BrF2NO3. The highest BCUT2D eigenvalue weighted by Gasteiger charge is 2.16. The van der Waals surface area contributed by atoms with Gasteiger partial charge >= 0.3 is 5.97 Å². The Kier molecular flexibility index (Phi) is 3.89. The second-order valence-corrected chi connectivity index (χ2v) is 4.77. The predicted octanol–water partition coefficient (Wildman–Crippen LogP) is 3.80. The highest BCUT2D eigenvalue weighted by Crippen LogP contribution is 2.32. The summed E-state index contributed by atoms with van der Waals surface area (Å²) in [5, 5.41) is 8.74. The zero-order valence-electron chi connectivity index (χ0n) is 9.86. The average molecular weight is 344 g/mol. The van der Waals surface area contributed by atoms with Gasteiger partial charge in [-0.05, 0) is 24.3 Å². The standard InChI is InChI=1S/C13H8BrF2NO3/c14-6-1-2-11(9(16)3-6)20-12-5-8(15)7(13(18)19)4-10(12)17/h1-5H,17H2,(H,18,19). The molecule has 0 aliphatic carbocycles. The van der Waals surface area contributed by atoms with Gasteiger partial charge in [0.1, 0.15) is 5.82 Å². The molecule has 20 heavy (non-hydrogen) atoms. The van der Waals surface area contributed by atoms with Gasteiger partial charge < -0.3 is 15.6 Å². The normalized spacial score (nSPS) is 10.3. The molecule has 0 aromatic heterocycles. The molecular weight excluding hydrogens is 336 g/mol. The highest BCUT2D eigenvalue weighted by molar-refractivity contribution is 9.10. The maximum Gasteiger partial charge on any atom is 0.338 e. The summed E-state index contributed by atoms with van der Waals surface area (Å²) in [7, 11) is 0. The Hall–Kier alpha value is -2.15. The fourth-order valence-electron chi connectivity index (χ4n) is 1.50. The molecule has 7 heteroatoms. The first-order valence-corrected chi connectivity index (χ1v) is 6.13. The molecule has 0 spiro atoms. The highest BCUT2D eigenvalue weighted by atomic mass is 79.9. The molecule has 3 N–H and O–H groups in total. The van der Waals surface area contributed by atoms with E-state index in [0.29, 0.717) is 4.47 Å². The molecule has 2 rings (SSSR count). The fourth-order valence-corrected chi connectivity index (χ4v) is 1.83. The van der Waals surface area contributed by atoms with Crippen LogP contribution in [0.2, 0.25) is 0 Å². The summed E-state index contributed by atoms with van der Waals surface area (Å²) in [5.41, 5.74) is 4.89. The van der Waals surface area contributed by atoms with Gasteiger partial charge in [0.25, 0.3) is 0 Å². The molecule has 0 radical (unpaired) electrons. The minimum absolute atomic E-state index is 0.105. The van der Waals surface area contributed by atoms with Crippen LogP contribution in [0.3, 0.4) is 0 Å². The number of carboxylic acids is 1. The number of hydrogen-bond acceptors (Lipinski definition) is 3. The molecule has 0 atom stereocenters. The first-order valence-electron chi connectivity index (χ1n) is 5.33. The number of aromatic carboxylic acids is 1. The number of carboxylic acid groups (broad SMARTS) is 1. The van der Waals surface area contributed by atoms with Crippen LogP contribution in [0.15, 0.2) is 34.8 Å². The summed E-state index contributed by atoms with van der Waals surface area (Å²) in [4.78, 5) is 10.7. The quantitative estimate of drug-likeness (QED) is 0.831. The van der Waals surface area contributed by atoms with Crippen LogP contribution < -0.4 is 10.5 Å². The van der Waals surface area contributed by atoms with Crippen molar-refractivity contribution in [3.8, 4) is 11.5 Å². The number of anilines is 1. The van der Waals surface area contributed by atoms with Gasteiger partial charge in [-0.2, -0.15) is 0 Å². The number of ether oxygens (including phenoxy) is 1. The topological polar surface area (TPSA) is 72.6 Å². The summed E-state index contributed by atoms with van der Waals surface area (Å²) >= 11 is 3.09. The molecule has 0 saturated heterocycles. The molecule has 0 unspecified atom stereocenters. The molecule has 104 valence electrons. The Labute approximate surface area is 120 Å².